The number of amides is 2. The van der Waals surface area contributed by atoms with Crippen LogP contribution in [0.2, 0.25) is 0 Å². The van der Waals surface area contributed by atoms with Gasteiger partial charge in [-0.25, -0.2) is 23.8 Å². The fourth-order valence-corrected chi connectivity index (χ4v) is 6.84. The van der Waals surface area contributed by atoms with Gasteiger partial charge in [-0.3, -0.25) is 0 Å². The molecule has 2 aliphatic carbocycles. The SMILES string of the molecule is CC(C)c1ncc(N(C2CCOCC2)S(=O)(=O)NC(=O)Nc2c3c(cc4c2CCC4)CCC3)cn1.[Na]. The molecule has 2 N–H and O–H groups in total. The molecule has 0 atom stereocenters. The Morgan fingerprint density at radius 3 is 2.17 bits per heavy atom. The van der Waals surface area contributed by atoms with E-state index < -0.39 is 16.2 Å². The molecule has 2 heterocycles. The van der Waals surface area contributed by atoms with Gasteiger partial charge in [0.1, 0.15) is 5.82 Å². The molecule has 1 aromatic heterocycles. The first-order valence-electron chi connectivity index (χ1n) is 12.5. The number of urea groups is 1. The first-order chi connectivity index (χ1) is 16.8. The summed E-state index contributed by atoms with van der Waals surface area (Å²) in [5, 5.41) is 2.92. The minimum atomic E-state index is -4.22. The molecule has 0 unspecified atom stereocenters. The Hall–Kier alpha value is -1.72. The minimum Gasteiger partial charge on any atom is -0.381 e. The zero-order chi connectivity index (χ0) is 24.6. The smallest absolute Gasteiger partial charge is 0.334 e. The topological polar surface area (TPSA) is 114 Å². The van der Waals surface area contributed by atoms with Crippen molar-refractivity contribution < 1.29 is 17.9 Å². The summed E-state index contributed by atoms with van der Waals surface area (Å²) in [4.78, 5) is 21.8. The van der Waals surface area contributed by atoms with Gasteiger partial charge in [0, 0.05) is 54.4 Å². The number of nitrogens with one attached hydrogen (secondary N) is 2. The van der Waals surface area contributed by atoms with E-state index in [2.05, 4.69) is 26.1 Å². The quantitative estimate of drug-likeness (QED) is 0.563. The van der Waals surface area contributed by atoms with Crippen molar-refractivity contribution in [1.82, 2.24) is 14.7 Å². The van der Waals surface area contributed by atoms with Crippen molar-refractivity contribution >= 4 is 57.2 Å². The second-order valence-corrected chi connectivity index (χ2v) is 11.4. The summed E-state index contributed by atoms with van der Waals surface area (Å²) in [6.07, 6.45) is 9.99. The number of hydrogen-bond acceptors (Lipinski definition) is 6. The number of benzene rings is 1. The molecule has 189 valence electrons. The molecule has 9 nitrogen and oxygen atoms in total. The van der Waals surface area contributed by atoms with Crippen LogP contribution < -0.4 is 14.3 Å². The van der Waals surface area contributed by atoms with E-state index in [9.17, 15) is 13.2 Å². The molecule has 1 aromatic carbocycles. The molecular formula is C25H33N5NaO4S. The summed E-state index contributed by atoms with van der Waals surface area (Å²) in [7, 11) is -4.22. The summed E-state index contributed by atoms with van der Waals surface area (Å²) in [6, 6.07) is 1.18. The molecule has 2 aromatic rings. The first-order valence-corrected chi connectivity index (χ1v) is 14.0. The van der Waals surface area contributed by atoms with Crippen LogP contribution >= 0.6 is 0 Å². The summed E-state index contributed by atoms with van der Waals surface area (Å²) in [5.74, 6) is 0.756. The van der Waals surface area contributed by atoms with E-state index in [1.807, 2.05) is 13.8 Å². The van der Waals surface area contributed by atoms with Crippen molar-refractivity contribution in [2.45, 2.75) is 77.2 Å². The summed E-state index contributed by atoms with van der Waals surface area (Å²) in [5.41, 5.74) is 5.99. The van der Waals surface area contributed by atoms with Crippen molar-refractivity contribution in [1.29, 1.82) is 0 Å². The second-order valence-electron chi connectivity index (χ2n) is 9.89. The average Bonchev–Trinajstić information content (AvgIpc) is 3.49. The van der Waals surface area contributed by atoms with Gasteiger partial charge in [0.05, 0.1) is 24.1 Å². The predicted molar refractivity (Wildman–Crippen MR) is 140 cm³/mol. The number of aryl methyl sites for hydroxylation is 2. The van der Waals surface area contributed by atoms with E-state index in [-0.39, 0.29) is 41.5 Å². The van der Waals surface area contributed by atoms with Crippen LogP contribution in [0.25, 0.3) is 0 Å². The number of anilines is 2. The van der Waals surface area contributed by atoms with Gasteiger partial charge >= 0.3 is 16.2 Å². The molecule has 36 heavy (non-hydrogen) atoms. The van der Waals surface area contributed by atoms with Crippen LogP contribution in [0, 0.1) is 0 Å². The van der Waals surface area contributed by atoms with Crippen LogP contribution in [0.15, 0.2) is 18.5 Å². The first kappa shape index (κ1) is 27.3. The maximum absolute atomic E-state index is 13.6. The number of rotatable bonds is 6. The van der Waals surface area contributed by atoms with Gasteiger partial charge in [0.25, 0.3) is 0 Å². The van der Waals surface area contributed by atoms with Crippen LogP contribution in [0.5, 0.6) is 0 Å². The number of nitrogens with zero attached hydrogens (tertiary/aromatic N) is 3. The molecule has 1 radical (unpaired) electrons. The van der Waals surface area contributed by atoms with Crippen LogP contribution in [0.1, 0.15) is 73.5 Å². The van der Waals surface area contributed by atoms with E-state index in [1.54, 1.807) is 0 Å². The number of ether oxygens (including phenoxy) is 1. The van der Waals surface area contributed by atoms with Gasteiger partial charge in [0.15, 0.2) is 0 Å². The summed E-state index contributed by atoms with van der Waals surface area (Å²) in [6.45, 7) is 4.86. The number of fused-ring (bicyclic) bond motifs is 2. The molecule has 11 heteroatoms. The van der Waals surface area contributed by atoms with Gasteiger partial charge in [-0.15, -0.1) is 0 Å². The molecule has 0 saturated carbocycles. The van der Waals surface area contributed by atoms with E-state index in [0.29, 0.717) is 37.6 Å². The van der Waals surface area contributed by atoms with Gasteiger partial charge in [-0.05, 0) is 73.6 Å². The van der Waals surface area contributed by atoms with Crippen LogP contribution in [-0.4, -0.2) is 73.2 Å². The fraction of sp³-hybridized carbons (Fsp3) is 0.560. The fourth-order valence-electron chi connectivity index (χ4n) is 5.48. The van der Waals surface area contributed by atoms with Crippen LogP contribution in [-0.2, 0) is 40.6 Å². The van der Waals surface area contributed by atoms with E-state index in [1.165, 1.54) is 27.8 Å². The molecule has 0 bridgehead atoms. The maximum atomic E-state index is 13.6. The largest absolute Gasteiger partial charge is 0.381 e. The number of carbonyl (C=O) groups excluding carboxylic acids is 1. The Bertz CT molecular complexity index is 1180. The van der Waals surface area contributed by atoms with E-state index in [4.69, 9.17) is 4.74 Å². The summed E-state index contributed by atoms with van der Waals surface area (Å²) < 4.78 is 36.1. The van der Waals surface area contributed by atoms with Crippen molar-refractivity contribution in [3.8, 4) is 0 Å². The normalized spacial score (nSPS) is 17.3. The van der Waals surface area contributed by atoms with Crippen LogP contribution in [0.3, 0.4) is 0 Å². The van der Waals surface area contributed by atoms with E-state index >= 15 is 0 Å². The van der Waals surface area contributed by atoms with Crippen molar-refractivity contribution in [3.63, 3.8) is 0 Å². The standard InChI is InChI=1S/C25H33N5O4S.Na/c1-16(2)24-26-14-20(15-27-24)30(19-9-11-34-12-10-19)35(32,33)29-25(31)28-23-21-7-3-5-17(21)13-18-6-4-8-22(18)23;/h13-16,19H,3-12H2,1-2H3,(H2,28,29,31);. The molecule has 3 aliphatic rings. The Morgan fingerprint density at radius 1 is 1.03 bits per heavy atom. The van der Waals surface area contributed by atoms with Gasteiger partial charge in [-0.2, -0.15) is 8.42 Å². The average molecular weight is 523 g/mol. The molecule has 1 fully saturated rings. The molecule has 0 spiro atoms. The molecular weight excluding hydrogens is 489 g/mol. The Kier molecular flexibility index (Phi) is 8.61. The van der Waals surface area contributed by atoms with E-state index in [0.717, 1.165) is 55.3 Å². The van der Waals surface area contributed by atoms with Crippen LogP contribution in [0.4, 0.5) is 16.2 Å². The molecule has 1 aliphatic heterocycles. The van der Waals surface area contributed by atoms with Gasteiger partial charge < -0.3 is 10.1 Å². The van der Waals surface area contributed by atoms with Gasteiger partial charge in [-0.1, -0.05) is 19.9 Å². The van der Waals surface area contributed by atoms with Crippen molar-refractivity contribution in [2.24, 2.45) is 0 Å². The zero-order valence-corrected chi connectivity index (χ0v) is 24.2. The third-order valence-corrected chi connectivity index (χ3v) is 8.61. The third-order valence-electron chi connectivity index (χ3n) is 7.14. The second kappa shape index (κ2) is 11.3. The Morgan fingerprint density at radius 2 is 1.61 bits per heavy atom. The third kappa shape index (κ3) is 5.57. The van der Waals surface area contributed by atoms with Gasteiger partial charge in [0.2, 0.25) is 0 Å². The Balaban J connectivity index is 0.00000304. The predicted octanol–water partition coefficient (Wildman–Crippen LogP) is 3.25. The molecule has 1 saturated heterocycles. The van der Waals surface area contributed by atoms with Crippen molar-refractivity contribution in [3.05, 3.63) is 46.5 Å². The Labute approximate surface area is 235 Å². The monoisotopic (exact) mass is 522 g/mol. The molecule has 2 amide bonds. The van der Waals surface area contributed by atoms with Crippen molar-refractivity contribution in [2.75, 3.05) is 22.8 Å². The zero-order valence-electron chi connectivity index (χ0n) is 21.3. The molecule has 5 rings (SSSR count). The minimum absolute atomic E-state index is 0. The number of carbonyl (C=O) groups is 1. The maximum Gasteiger partial charge on any atom is 0.334 e. The number of aromatic nitrogens is 2. The number of hydrogen-bond donors (Lipinski definition) is 2. The summed E-state index contributed by atoms with van der Waals surface area (Å²) >= 11 is 0.